The molecule has 0 saturated carbocycles. The predicted octanol–water partition coefficient (Wildman–Crippen LogP) is 4.33. The monoisotopic (exact) mass is 371 g/mol. The number of anilines is 1. The molecule has 0 heterocycles. The van der Waals surface area contributed by atoms with Crippen molar-refractivity contribution in [3.05, 3.63) is 64.7 Å². The molecule has 6 heteroatoms. The van der Waals surface area contributed by atoms with Gasteiger partial charge in [-0.2, -0.15) is 5.10 Å². The average Bonchev–Trinajstić information content (AvgIpc) is 2.62. The second-order valence-electron chi connectivity index (χ2n) is 6.17. The Morgan fingerprint density at radius 2 is 1.62 bits per heavy atom. The van der Waals surface area contributed by atoms with Gasteiger partial charge in [-0.3, -0.25) is 9.59 Å². The number of amides is 2. The van der Waals surface area contributed by atoms with Gasteiger partial charge in [0.2, 0.25) is 11.8 Å². The van der Waals surface area contributed by atoms with Gasteiger partial charge >= 0.3 is 0 Å². The Morgan fingerprint density at radius 1 is 1.00 bits per heavy atom. The number of hydrogen-bond donors (Lipinski definition) is 2. The highest BCUT2D eigenvalue weighted by Crippen LogP contribution is 2.14. The van der Waals surface area contributed by atoms with E-state index in [9.17, 15) is 9.59 Å². The minimum absolute atomic E-state index is 0.0586. The third kappa shape index (κ3) is 6.69. The van der Waals surface area contributed by atoms with Gasteiger partial charge in [0, 0.05) is 23.6 Å². The maximum Gasteiger partial charge on any atom is 0.240 e. The molecule has 0 fully saturated rings. The van der Waals surface area contributed by atoms with Crippen molar-refractivity contribution in [3.63, 3.8) is 0 Å². The van der Waals surface area contributed by atoms with Crippen LogP contribution in [0.5, 0.6) is 0 Å². The van der Waals surface area contributed by atoms with Crippen LogP contribution >= 0.6 is 11.6 Å². The van der Waals surface area contributed by atoms with E-state index in [1.54, 1.807) is 30.5 Å². The normalized spacial score (nSPS) is 10.9. The molecule has 0 aliphatic rings. The second kappa shape index (κ2) is 9.73. The minimum atomic E-state index is -0.314. The third-order valence-corrected chi connectivity index (χ3v) is 3.97. The van der Waals surface area contributed by atoms with Crippen LogP contribution in [-0.4, -0.2) is 18.0 Å². The van der Waals surface area contributed by atoms with Crippen molar-refractivity contribution in [1.29, 1.82) is 0 Å². The fourth-order valence-electron chi connectivity index (χ4n) is 2.19. The molecule has 0 aliphatic heterocycles. The van der Waals surface area contributed by atoms with E-state index in [-0.39, 0.29) is 24.7 Å². The molecular formula is C20H22ClN3O2. The van der Waals surface area contributed by atoms with Crippen molar-refractivity contribution in [1.82, 2.24) is 5.43 Å². The summed E-state index contributed by atoms with van der Waals surface area (Å²) < 4.78 is 0. The van der Waals surface area contributed by atoms with Gasteiger partial charge in [0.25, 0.3) is 0 Å². The number of hydrazone groups is 1. The Kier molecular flexibility index (Phi) is 7.36. The molecule has 2 aromatic rings. The Bertz CT molecular complexity index is 769. The fraction of sp³-hybridized carbons (Fsp3) is 0.250. The minimum Gasteiger partial charge on any atom is -0.326 e. The molecule has 0 bridgehead atoms. The van der Waals surface area contributed by atoms with Gasteiger partial charge < -0.3 is 5.32 Å². The van der Waals surface area contributed by atoms with Crippen LogP contribution in [0.1, 0.15) is 43.7 Å². The molecule has 2 N–H and O–H groups in total. The number of nitrogens with zero attached hydrogens (tertiary/aromatic N) is 1. The van der Waals surface area contributed by atoms with Gasteiger partial charge in [0.15, 0.2) is 0 Å². The van der Waals surface area contributed by atoms with E-state index >= 15 is 0 Å². The van der Waals surface area contributed by atoms with Gasteiger partial charge in [-0.15, -0.1) is 0 Å². The summed E-state index contributed by atoms with van der Waals surface area (Å²) in [6.07, 6.45) is 1.71. The lowest BCUT2D eigenvalue weighted by Gasteiger charge is -2.05. The number of benzene rings is 2. The van der Waals surface area contributed by atoms with E-state index < -0.39 is 0 Å². The molecule has 0 unspecified atom stereocenters. The van der Waals surface area contributed by atoms with Gasteiger partial charge in [0.1, 0.15) is 0 Å². The first kappa shape index (κ1) is 19.7. The van der Waals surface area contributed by atoms with Crippen molar-refractivity contribution in [2.75, 3.05) is 5.32 Å². The number of carbonyl (C=O) groups is 2. The van der Waals surface area contributed by atoms with Crippen LogP contribution in [0.25, 0.3) is 0 Å². The summed E-state index contributed by atoms with van der Waals surface area (Å²) in [4.78, 5) is 23.6. The number of nitrogens with one attached hydrogen (secondary N) is 2. The molecule has 2 rings (SSSR count). The highest BCUT2D eigenvalue weighted by molar-refractivity contribution is 6.30. The van der Waals surface area contributed by atoms with E-state index in [4.69, 9.17) is 11.6 Å². The predicted molar refractivity (Wildman–Crippen MR) is 106 cm³/mol. The SMILES string of the molecule is CC(C)c1ccc(/C=N\NC(=O)CCC(=O)Nc2ccc(Cl)cc2)cc1. The van der Waals surface area contributed by atoms with Crippen LogP contribution in [0.3, 0.4) is 0 Å². The fourth-order valence-corrected chi connectivity index (χ4v) is 2.31. The molecule has 5 nitrogen and oxygen atoms in total. The van der Waals surface area contributed by atoms with Crippen LogP contribution in [0, 0.1) is 0 Å². The summed E-state index contributed by atoms with van der Waals surface area (Å²) >= 11 is 5.79. The Hall–Kier alpha value is -2.66. The maximum atomic E-state index is 11.8. The van der Waals surface area contributed by atoms with Crippen LogP contribution in [0.4, 0.5) is 5.69 Å². The van der Waals surface area contributed by atoms with Gasteiger partial charge in [-0.05, 0) is 41.3 Å². The number of rotatable bonds is 7. The van der Waals surface area contributed by atoms with Crippen molar-refractivity contribution < 1.29 is 9.59 Å². The zero-order chi connectivity index (χ0) is 18.9. The van der Waals surface area contributed by atoms with Crippen LogP contribution in [0.15, 0.2) is 53.6 Å². The number of hydrogen-bond acceptors (Lipinski definition) is 3. The molecule has 0 aliphatic carbocycles. The van der Waals surface area contributed by atoms with Gasteiger partial charge in [-0.1, -0.05) is 49.7 Å². The Labute approximate surface area is 158 Å². The van der Waals surface area contributed by atoms with Crippen molar-refractivity contribution in [2.45, 2.75) is 32.6 Å². The maximum absolute atomic E-state index is 11.8. The quantitative estimate of drug-likeness (QED) is 0.561. The van der Waals surface area contributed by atoms with Gasteiger partial charge in [-0.25, -0.2) is 5.43 Å². The first-order valence-electron chi connectivity index (χ1n) is 8.41. The molecule has 0 saturated heterocycles. The molecule has 0 aromatic heterocycles. The molecule has 2 amide bonds. The van der Waals surface area contributed by atoms with E-state index in [0.717, 1.165) is 5.56 Å². The highest BCUT2D eigenvalue weighted by atomic mass is 35.5. The Morgan fingerprint density at radius 3 is 2.23 bits per heavy atom. The van der Waals surface area contributed by atoms with E-state index in [1.807, 2.05) is 24.3 Å². The summed E-state index contributed by atoms with van der Waals surface area (Å²) in [7, 11) is 0. The lowest BCUT2D eigenvalue weighted by atomic mass is 10.0. The van der Waals surface area contributed by atoms with E-state index in [2.05, 4.69) is 29.7 Å². The zero-order valence-electron chi connectivity index (χ0n) is 14.8. The number of carbonyl (C=O) groups excluding carboxylic acids is 2. The average molecular weight is 372 g/mol. The third-order valence-electron chi connectivity index (χ3n) is 3.71. The van der Waals surface area contributed by atoms with Gasteiger partial charge in [0.05, 0.1) is 6.21 Å². The van der Waals surface area contributed by atoms with Crippen molar-refractivity contribution in [3.8, 4) is 0 Å². The van der Waals surface area contributed by atoms with Crippen molar-refractivity contribution >= 4 is 35.3 Å². The molecule has 0 spiro atoms. The zero-order valence-corrected chi connectivity index (χ0v) is 15.6. The molecule has 136 valence electrons. The van der Waals surface area contributed by atoms with Crippen LogP contribution in [-0.2, 0) is 9.59 Å². The molecule has 0 atom stereocenters. The summed E-state index contributed by atoms with van der Waals surface area (Å²) in [6.45, 7) is 4.26. The summed E-state index contributed by atoms with van der Waals surface area (Å²) in [6, 6.07) is 14.8. The molecule has 26 heavy (non-hydrogen) atoms. The first-order chi connectivity index (χ1) is 12.4. The Balaban J connectivity index is 1.72. The van der Waals surface area contributed by atoms with E-state index in [1.165, 1.54) is 5.56 Å². The van der Waals surface area contributed by atoms with Crippen LogP contribution < -0.4 is 10.7 Å². The smallest absolute Gasteiger partial charge is 0.240 e. The highest BCUT2D eigenvalue weighted by Gasteiger charge is 2.06. The largest absolute Gasteiger partial charge is 0.326 e. The molecular weight excluding hydrogens is 350 g/mol. The summed E-state index contributed by atoms with van der Waals surface area (Å²) in [5.74, 6) is -0.0817. The lowest BCUT2D eigenvalue weighted by molar-refractivity contribution is -0.124. The number of halogens is 1. The van der Waals surface area contributed by atoms with Crippen LogP contribution in [0.2, 0.25) is 5.02 Å². The molecule has 0 radical (unpaired) electrons. The van der Waals surface area contributed by atoms with E-state index in [0.29, 0.717) is 16.6 Å². The lowest BCUT2D eigenvalue weighted by Crippen LogP contribution is -2.20. The standard InChI is InChI=1S/C20H22ClN3O2/c1-14(2)16-5-3-15(4-6-16)13-22-24-20(26)12-11-19(25)23-18-9-7-17(21)8-10-18/h3-10,13-14H,11-12H2,1-2H3,(H,23,25)(H,24,26)/b22-13-. The topological polar surface area (TPSA) is 70.6 Å². The van der Waals surface area contributed by atoms with Crippen molar-refractivity contribution in [2.24, 2.45) is 5.10 Å². The summed E-state index contributed by atoms with van der Waals surface area (Å²) in [5, 5.41) is 7.22. The molecule has 2 aromatic carbocycles. The summed E-state index contributed by atoms with van der Waals surface area (Å²) in [5.41, 5.74) is 5.22. The second-order valence-corrected chi connectivity index (χ2v) is 6.61. The first-order valence-corrected chi connectivity index (χ1v) is 8.79.